The first-order valence-electron chi connectivity index (χ1n) is 6.80. The number of para-hydroxylation sites is 2. The van der Waals surface area contributed by atoms with Gasteiger partial charge in [0.15, 0.2) is 0 Å². The average molecular weight is 296 g/mol. The molecule has 2 aromatic rings. The van der Waals surface area contributed by atoms with Gasteiger partial charge in [0.1, 0.15) is 11.9 Å². The number of hydrogen-bond donors (Lipinski definition) is 2. The molecule has 2 aromatic carbocycles. The molecular weight excluding hydrogens is 283 g/mol. The van der Waals surface area contributed by atoms with Crippen LogP contribution in [0.25, 0.3) is 0 Å². The van der Waals surface area contributed by atoms with E-state index in [0.717, 1.165) is 11.4 Å². The largest absolute Gasteiger partial charge is 0.382 e. The molecule has 0 aromatic heterocycles. The first-order valence-corrected chi connectivity index (χ1v) is 6.80. The Labute approximate surface area is 127 Å². The molecule has 1 aliphatic rings. The van der Waals surface area contributed by atoms with Gasteiger partial charge in [-0.15, -0.1) is 0 Å². The van der Waals surface area contributed by atoms with Crippen molar-refractivity contribution in [2.45, 2.75) is 0 Å². The van der Waals surface area contributed by atoms with Crippen LogP contribution in [0, 0.1) is 17.1 Å². The molecule has 5 nitrogen and oxygen atoms in total. The lowest BCUT2D eigenvalue weighted by Crippen LogP contribution is -2.41. The second kappa shape index (κ2) is 5.74. The molecule has 22 heavy (non-hydrogen) atoms. The van der Waals surface area contributed by atoms with E-state index in [1.165, 1.54) is 18.2 Å². The predicted molar refractivity (Wildman–Crippen MR) is 82.4 cm³/mol. The number of hydrogen-bond acceptors (Lipinski definition) is 3. The van der Waals surface area contributed by atoms with Crippen molar-refractivity contribution in [1.29, 1.82) is 5.26 Å². The van der Waals surface area contributed by atoms with Crippen LogP contribution in [0.1, 0.15) is 5.56 Å². The molecule has 2 amide bonds. The van der Waals surface area contributed by atoms with Gasteiger partial charge in [-0.05, 0) is 30.3 Å². The molecule has 0 saturated carbocycles. The summed E-state index contributed by atoms with van der Waals surface area (Å²) in [5.74, 6) is -0.604. The van der Waals surface area contributed by atoms with Crippen LogP contribution >= 0.6 is 0 Å². The van der Waals surface area contributed by atoms with E-state index in [1.807, 2.05) is 24.3 Å². The van der Waals surface area contributed by atoms with Crippen molar-refractivity contribution in [1.82, 2.24) is 0 Å². The van der Waals surface area contributed by atoms with Gasteiger partial charge in [0.2, 0.25) is 0 Å². The smallest absolute Gasteiger partial charge is 0.326 e. The number of urea groups is 1. The predicted octanol–water partition coefficient (Wildman–Crippen LogP) is 3.16. The molecule has 2 N–H and O–H groups in total. The number of nitriles is 1. The third-order valence-electron chi connectivity index (χ3n) is 3.43. The second-order valence-corrected chi connectivity index (χ2v) is 4.83. The van der Waals surface area contributed by atoms with E-state index in [4.69, 9.17) is 5.26 Å². The van der Waals surface area contributed by atoms with Crippen molar-refractivity contribution in [3.8, 4) is 6.07 Å². The molecular formula is C16H13FN4O. The molecule has 0 radical (unpaired) electrons. The van der Waals surface area contributed by atoms with Gasteiger partial charge in [0, 0.05) is 18.8 Å². The monoisotopic (exact) mass is 296 g/mol. The Hall–Kier alpha value is -3.07. The average Bonchev–Trinajstić information content (AvgIpc) is 2.56. The third-order valence-corrected chi connectivity index (χ3v) is 3.43. The van der Waals surface area contributed by atoms with Gasteiger partial charge in [0.05, 0.1) is 16.9 Å². The number of nitrogens with zero attached hydrogens (tertiary/aromatic N) is 2. The number of benzene rings is 2. The molecule has 0 unspecified atom stereocenters. The number of nitrogens with one attached hydrogen (secondary N) is 2. The molecule has 0 atom stereocenters. The van der Waals surface area contributed by atoms with E-state index in [2.05, 4.69) is 10.6 Å². The number of fused-ring (bicyclic) bond motifs is 1. The fraction of sp³-hybridized carbons (Fsp3) is 0.125. The van der Waals surface area contributed by atoms with Crippen molar-refractivity contribution in [2.75, 3.05) is 28.6 Å². The minimum Gasteiger partial charge on any atom is -0.382 e. The molecule has 0 spiro atoms. The van der Waals surface area contributed by atoms with Crippen molar-refractivity contribution in [3.05, 3.63) is 53.8 Å². The zero-order chi connectivity index (χ0) is 15.5. The van der Waals surface area contributed by atoms with E-state index < -0.39 is 5.82 Å². The summed E-state index contributed by atoms with van der Waals surface area (Å²) in [6.07, 6.45) is 0. The highest BCUT2D eigenvalue weighted by Crippen LogP contribution is 2.29. The SMILES string of the molecule is N#Cc1cc(NC(=O)N2CCNc3ccccc32)ccc1F. The van der Waals surface area contributed by atoms with Crippen molar-refractivity contribution in [2.24, 2.45) is 0 Å². The van der Waals surface area contributed by atoms with E-state index in [-0.39, 0.29) is 11.6 Å². The molecule has 1 aliphatic heterocycles. The second-order valence-electron chi connectivity index (χ2n) is 4.83. The van der Waals surface area contributed by atoms with Gasteiger partial charge in [0.25, 0.3) is 0 Å². The van der Waals surface area contributed by atoms with Crippen LogP contribution in [-0.4, -0.2) is 19.1 Å². The quantitative estimate of drug-likeness (QED) is 0.849. The maximum atomic E-state index is 13.3. The maximum absolute atomic E-state index is 13.3. The van der Waals surface area contributed by atoms with Gasteiger partial charge in [-0.25, -0.2) is 9.18 Å². The van der Waals surface area contributed by atoms with Crippen LogP contribution in [0.3, 0.4) is 0 Å². The highest BCUT2D eigenvalue weighted by atomic mass is 19.1. The lowest BCUT2D eigenvalue weighted by Gasteiger charge is -2.30. The fourth-order valence-electron chi connectivity index (χ4n) is 2.37. The van der Waals surface area contributed by atoms with Crippen molar-refractivity contribution >= 4 is 23.1 Å². The lowest BCUT2D eigenvalue weighted by atomic mass is 10.2. The van der Waals surface area contributed by atoms with E-state index in [9.17, 15) is 9.18 Å². The first-order chi connectivity index (χ1) is 10.7. The normalized spacial score (nSPS) is 12.8. The number of anilines is 3. The molecule has 6 heteroatoms. The topological polar surface area (TPSA) is 68.2 Å². The summed E-state index contributed by atoms with van der Waals surface area (Å²) < 4.78 is 13.3. The van der Waals surface area contributed by atoms with Gasteiger partial charge < -0.3 is 10.6 Å². The summed E-state index contributed by atoms with van der Waals surface area (Å²) in [6, 6.07) is 12.9. The molecule has 0 aliphatic carbocycles. The Morgan fingerprint density at radius 3 is 2.95 bits per heavy atom. The Kier molecular flexibility index (Phi) is 3.62. The number of rotatable bonds is 1. The summed E-state index contributed by atoms with van der Waals surface area (Å²) >= 11 is 0. The van der Waals surface area contributed by atoms with Gasteiger partial charge in [-0.3, -0.25) is 4.90 Å². The van der Waals surface area contributed by atoms with Gasteiger partial charge >= 0.3 is 6.03 Å². The minimum absolute atomic E-state index is 0.0986. The summed E-state index contributed by atoms with van der Waals surface area (Å²) in [5.41, 5.74) is 1.96. The standard InChI is InChI=1S/C16H13FN4O/c17-13-6-5-12(9-11(13)10-18)20-16(22)21-8-7-19-14-3-1-2-4-15(14)21/h1-6,9,19H,7-8H2,(H,20,22). The van der Waals surface area contributed by atoms with E-state index in [0.29, 0.717) is 18.8 Å². The molecule has 0 fully saturated rings. The third kappa shape index (κ3) is 2.56. The Balaban J connectivity index is 1.83. The Morgan fingerprint density at radius 1 is 1.32 bits per heavy atom. The summed E-state index contributed by atoms with van der Waals surface area (Å²) in [4.78, 5) is 14.0. The summed E-state index contributed by atoms with van der Waals surface area (Å²) in [7, 11) is 0. The Bertz CT molecular complexity index is 769. The highest BCUT2D eigenvalue weighted by Gasteiger charge is 2.22. The number of carbonyl (C=O) groups is 1. The van der Waals surface area contributed by atoms with Crippen LogP contribution in [0.5, 0.6) is 0 Å². The fourth-order valence-corrected chi connectivity index (χ4v) is 2.37. The number of halogens is 1. The minimum atomic E-state index is -0.604. The summed E-state index contributed by atoms with van der Waals surface area (Å²) in [5, 5.41) is 14.8. The maximum Gasteiger partial charge on any atom is 0.326 e. The molecule has 0 saturated heterocycles. The Morgan fingerprint density at radius 2 is 2.14 bits per heavy atom. The molecule has 3 rings (SSSR count). The van der Waals surface area contributed by atoms with Crippen molar-refractivity contribution < 1.29 is 9.18 Å². The zero-order valence-electron chi connectivity index (χ0n) is 11.6. The van der Waals surface area contributed by atoms with Crippen LogP contribution < -0.4 is 15.5 Å². The highest BCUT2D eigenvalue weighted by molar-refractivity contribution is 6.04. The number of carbonyl (C=O) groups excluding carboxylic acids is 1. The lowest BCUT2D eigenvalue weighted by molar-refractivity contribution is 0.257. The number of amides is 2. The van der Waals surface area contributed by atoms with E-state index >= 15 is 0 Å². The molecule has 0 bridgehead atoms. The molecule has 1 heterocycles. The van der Waals surface area contributed by atoms with Crippen LogP contribution in [0.2, 0.25) is 0 Å². The van der Waals surface area contributed by atoms with Crippen LogP contribution in [0.15, 0.2) is 42.5 Å². The molecule has 110 valence electrons. The summed E-state index contributed by atoms with van der Waals surface area (Å²) in [6.45, 7) is 1.17. The van der Waals surface area contributed by atoms with Crippen LogP contribution in [0.4, 0.5) is 26.2 Å². The van der Waals surface area contributed by atoms with Crippen LogP contribution in [-0.2, 0) is 0 Å². The van der Waals surface area contributed by atoms with Gasteiger partial charge in [-0.1, -0.05) is 12.1 Å². The van der Waals surface area contributed by atoms with Gasteiger partial charge in [-0.2, -0.15) is 5.26 Å². The zero-order valence-corrected chi connectivity index (χ0v) is 11.6. The first kappa shape index (κ1) is 13.9. The van der Waals surface area contributed by atoms with Crippen molar-refractivity contribution in [3.63, 3.8) is 0 Å². The van der Waals surface area contributed by atoms with E-state index in [1.54, 1.807) is 11.0 Å².